The van der Waals surface area contributed by atoms with E-state index in [2.05, 4.69) is 12.2 Å². The highest BCUT2D eigenvalue weighted by atomic mass is 16.5. The standard InChI is InChI=1S/C26H31NO4/c1-15(26-11-16-7-17(12-26)9-18(8-16)13-26)27-24(28)14-30-19-5-6-21-20-3-2-4-22(20)25(29)31-23(21)10-19/h5-6,10,15-18H,2-4,7-9,11-14H2,1H3,(H,27,28)/t15-,16?,17?,18?,26?/m0/s1. The van der Waals surface area contributed by atoms with Gasteiger partial charge < -0.3 is 14.5 Å². The van der Waals surface area contributed by atoms with E-state index >= 15 is 0 Å². The molecule has 1 aromatic heterocycles. The van der Waals surface area contributed by atoms with E-state index in [0.717, 1.165) is 53.5 Å². The highest BCUT2D eigenvalue weighted by Crippen LogP contribution is 2.61. The lowest BCUT2D eigenvalue weighted by Crippen LogP contribution is -2.56. The number of hydrogen-bond acceptors (Lipinski definition) is 4. The van der Waals surface area contributed by atoms with Crippen molar-refractivity contribution in [2.24, 2.45) is 23.2 Å². The Morgan fingerprint density at radius 2 is 1.81 bits per heavy atom. The molecular weight excluding hydrogens is 390 g/mol. The van der Waals surface area contributed by atoms with E-state index in [9.17, 15) is 9.59 Å². The van der Waals surface area contributed by atoms with Crippen molar-refractivity contribution in [3.8, 4) is 5.75 Å². The zero-order chi connectivity index (χ0) is 21.2. The molecule has 7 rings (SSSR count). The highest BCUT2D eigenvalue weighted by Gasteiger charge is 2.53. The summed E-state index contributed by atoms with van der Waals surface area (Å²) in [6.07, 6.45) is 10.8. The fourth-order valence-electron chi connectivity index (χ4n) is 7.65. The van der Waals surface area contributed by atoms with Crippen molar-refractivity contribution in [3.05, 3.63) is 39.7 Å². The van der Waals surface area contributed by atoms with Crippen LogP contribution in [0.3, 0.4) is 0 Å². The van der Waals surface area contributed by atoms with Crippen LogP contribution in [0.5, 0.6) is 5.75 Å². The Labute approximate surface area is 182 Å². The van der Waals surface area contributed by atoms with Crippen LogP contribution < -0.4 is 15.7 Å². The summed E-state index contributed by atoms with van der Waals surface area (Å²) in [5.41, 5.74) is 2.53. The number of hydrogen-bond donors (Lipinski definition) is 1. The first kappa shape index (κ1) is 19.4. The van der Waals surface area contributed by atoms with Crippen LogP contribution in [0, 0.1) is 23.2 Å². The van der Waals surface area contributed by atoms with Gasteiger partial charge in [-0.15, -0.1) is 0 Å². The third kappa shape index (κ3) is 3.28. The molecule has 2 aromatic rings. The summed E-state index contributed by atoms with van der Waals surface area (Å²) in [5, 5.41) is 4.24. The Kier molecular flexibility index (Phi) is 4.45. The molecule has 0 aliphatic heterocycles. The maximum absolute atomic E-state index is 12.7. The predicted octanol–water partition coefficient (Wildman–Crippen LogP) is 4.38. The number of rotatable bonds is 5. The lowest BCUT2D eigenvalue weighted by molar-refractivity contribution is -0.127. The second-order valence-electron chi connectivity index (χ2n) is 10.7. The summed E-state index contributed by atoms with van der Waals surface area (Å²) < 4.78 is 11.3. The minimum Gasteiger partial charge on any atom is -0.484 e. The van der Waals surface area contributed by atoms with Crippen LogP contribution >= 0.6 is 0 Å². The van der Waals surface area contributed by atoms with Crippen LogP contribution in [-0.2, 0) is 17.6 Å². The molecular formula is C26H31NO4. The van der Waals surface area contributed by atoms with Crippen molar-refractivity contribution in [2.45, 2.75) is 70.8 Å². The largest absolute Gasteiger partial charge is 0.484 e. The van der Waals surface area contributed by atoms with Gasteiger partial charge in [0.05, 0.1) is 0 Å². The summed E-state index contributed by atoms with van der Waals surface area (Å²) in [5.74, 6) is 3.10. The van der Waals surface area contributed by atoms with E-state index in [0.29, 0.717) is 11.3 Å². The zero-order valence-electron chi connectivity index (χ0n) is 18.2. The van der Waals surface area contributed by atoms with E-state index in [4.69, 9.17) is 9.15 Å². The number of carbonyl (C=O) groups excluding carboxylic acids is 1. The Bertz CT molecular complexity index is 1070. The number of ether oxygens (including phenoxy) is 1. The maximum atomic E-state index is 12.7. The number of benzene rings is 1. The molecule has 5 aliphatic rings. The molecule has 5 nitrogen and oxygen atoms in total. The zero-order valence-corrected chi connectivity index (χ0v) is 18.2. The maximum Gasteiger partial charge on any atom is 0.339 e. The molecule has 1 heterocycles. The number of nitrogens with one attached hydrogen (secondary N) is 1. The first-order valence-corrected chi connectivity index (χ1v) is 12.0. The van der Waals surface area contributed by atoms with E-state index in [-0.39, 0.29) is 29.6 Å². The van der Waals surface area contributed by atoms with Gasteiger partial charge in [-0.3, -0.25) is 4.79 Å². The second kappa shape index (κ2) is 7.11. The Hall–Kier alpha value is -2.30. The minimum absolute atomic E-state index is 0.0165. The topological polar surface area (TPSA) is 68.5 Å². The second-order valence-corrected chi connectivity index (χ2v) is 10.7. The SMILES string of the molecule is C[C@H](NC(=O)COc1ccc2c3c(c(=O)oc2c1)CCC3)C12CC3CC(CC(C3)C1)C2. The highest BCUT2D eigenvalue weighted by molar-refractivity contribution is 5.83. The van der Waals surface area contributed by atoms with E-state index in [1.54, 1.807) is 6.07 Å². The number of fused-ring (bicyclic) bond motifs is 3. The van der Waals surface area contributed by atoms with Crippen molar-refractivity contribution in [2.75, 3.05) is 6.61 Å². The first-order chi connectivity index (χ1) is 15.0. The normalized spacial score (nSPS) is 31.6. The van der Waals surface area contributed by atoms with Gasteiger partial charge in [-0.05, 0) is 106 Å². The number of carbonyl (C=O) groups is 1. The van der Waals surface area contributed by atoms with Gasteiger partial charge in [0, 0.05) is 23.1 Å². The molecule has 5 heteroatoms. The summed E-state index contributed by atoms with van der Waals surface area (Å²) >= 11 is 0. The van der Waals surface area contributed by atoms with E-state index in [1.807, 2.05) is 12.1 Å². The molecule has 0 saturated heterocycles. The van der Waals surface area contributed by atoms with Crippen LogP contribution in [0.4, 0.5) is 0 Å². The average molecular weight is 422 g/mol. The summed E-state index contributed by atoms with van der Waals surface area (Å²) in [6, 6.07) is 5.75. The third-order valence-corrected chi connectivity index (χ3v) is 8.70. The monoisotopic (exact) mass is 421 g/mol. The molecule has 1 atom stereocenters. The number of amides is 1. The molecule has 1 aromatic carbocycles. The molecule has 4 bridgehead atoms. The van der Waals surface area contributed by atoms with Gasteiger partial charge in [-0.25, -0.2) is 4.79 Å². The predicted molar refractivity (Wildman–Crippen MR) is 118 cm³/mol. The van der Waals surface area contributed by atoms with Gasteiger partial charge in [-0.1, -0.05) is 0 Å². The summed E-state index contributed by atoms with van der Waals surface area (Å²) in [4.78, 5) is 24.9. The lowest BCUT2D eigenvalue weighted by atomic mass is 9.48. The summed E-state index contributed by atoms with van der Waals surface area (Å²) in [6.45, 7) is 2.17. The van der Waals surface area contributed by atoms with Gasteiger partial charge in [0.2, 0.25) is 0 Å². The molecule has 0 radical (unpaired) electrons. The first-order valence-electron chi connectivity index (χ1n) is 12.0. The average Bonchev–Trinajstić information content (AvgIpc) is 3.22. The molecule has 164 valence electrons. The van der Waals surface area contributed by atoms with Crippen LogP contribution in [0.15, 0.2) is 27.4 Å². The molecule has 1 amide bonds. The van der Waals surface area contributed by atoms with Crippen LogP contribution in [-0.4, -0.2) is 18.6 Å². The van der Waals surface area contributed by atoms with Gasteiger partial charge in [0.15, 0.2) is 6.61 Å². The Morgan fingerprint density at radius 1 is 1.13 bits per heavy atom. The molecule has 0 spiro atoms. The van der Waals surface area contributed by atoms with Crippen molar-refractivity contribution in [3.63, 3.8) is 0 Å². The van der Waals surface area contributed by atoms with Crippen LogP contribution in [0.25, 0.3) is 11.0 Å². The molecule has 0 unspecified atom stereocenters. The van der Waals surface area contributed by atoms with E-state index < -0.39 is 0 Å². The van der Waals surface area contributed by atoms with Gasteiger partial charge in [0.1, 0.15) is 11.3 Å². The molecule has 1 N–H and O–H groups in total. The molecule has 31 heavy (non-hydrogen) atoms. The molecule has 5 aliphatic carbocycles. The minimum atomic E-state index is -0.237. The third-order valence-electron chi connectivity index (χ3n) is 8.70. The van der Waals surface area contributed by atoms with Crippen molar-refractivity contribution in [1.82, 2.24) is 5.32 Å². The Morgan fingerprint density at radius 3 is 2.52 bits per heavy atom. The van der Waals surface area contributed by atoms with Gasteiger partial charge in [-0.2, -0.15) is 0 Å². The van der Waals surface area contributed by atoms with Gasteiger partial charge >= 0.3 is 5.63 Å². The van der Waals surface area contributed by atoms with E-state index in [1.165, 1.54) is 38.5 Å². The number of aryl methyl sites for hydroxylation is 1. The molecule has 4 saturated carbocycles. The van der Waals surface area contributed by atoms with Crippen molar-refractivity contribution >= 4 is 16.9 Å². The van der Waals surface area contributed by atoms with Crippen molar-refractivity contribution in [1.29, 1.82) is 0 Å². The van der Waals surface area contributed by atoms with Crippen molar-refractivity contribution < 1.29 is 13.9 Å². The van der Waals surface area contributed by atoms with Crippen LogP contribution in [0.2, 0.25) is 0 Å². The summed E-state index contributed by atoms with van der Waals surface area (Å²) in [7, 11) is 0. The quantitative estimate of drug-likeness (QED) is 0.728. The van der Waals surface area contributed by atoms with Crippen LogP contribution in [0.1, 0.15) is 63.0 Å². The van der Waals surface area contributed by atoms with Gasteiger partial charge in [0.25, 0.3) is 5.91 Å². The fraction of sp³-hybridized carbons (Fsp3) is 0.615. The Balaban J connectivity index is 1.12. The lowest BCUT2D eigenvalue weighted by Gasteiger charge is -2.59. The fourth-order valence-corrected chi connectivity index (χ4v) is 7.65. The molecule has 4 fully saturated rings. The smallest absolute Gasteiger partial charge is 0.339 e.